The lowest BCUT2D eigenvalue weighted by Crippen LogP contribution is -2.55. The zero-order chi connectivity index (χ0) is 12.0. The molecular weight excluding hydrogens is 208 g/mol. The molecule has 0 heterocycles. The summed E-state index contributed by atoms with van der Waals surface area (Å²) in [6.07, 6.45) is 4.47. The topological polar surface area (TPSA) is 81.4 Å². The molecule has 5 heteroatoms. The van der Waals surface area contributed by atoms with Crippen LogP contribution < -0.4 is 11.1 Å². The minimum Gasteiger partial charge on any atom is -0.465 e. The zero-order valence-corrected chi connectivity index (χ0v) is 9.75. The Labute approximate surface area is 95.7 Å². The van der Waals surface area contributed by atoms with Gasteiger partial charge in [0.15, 0.2) is 0 Å². The van der Waals surface area contributed by atoms with Crippen molar-refractivity contribution in [3.8, 4) is 0 Å². The molecule has 0 aromatic rings. The van der Waals surface area contributed by atoms with Crippen molar-refractivity contribution < 1.29 is 14.3 Å². The van der Waals surface area contributed by atoms with Crippen molar-refractivity contribution in [2.75, 3.05) is 13.2 Å². The predicted octanol–water partition coefficient (Wildman–Crippen LogP) is 0.327. The monoisotopic (exact) mass is 228 g/mol. The van der Waals surface area contributed by atoms with Crippen molar-refractivity contribution in [3.05, 3.63) is 0 Å². The first kappa shape index (κ1) is 13.0. The van der Waals surface area contributed by atoms with Crippen LogP contribution in [0, 0.1) is 0 Å². The van der Waals surface area contributed by atoms with Crippen molar-refractivity contribution in [1.29, 1.82) is 0 Å². The van der Waals surface area contributed by atoms with Crippen molar-refractivity contribution in [3.63, 3.8) is 0 Å². The molecule has 1 amide bonds. The van der Waals surface area contributed by atoms with Crippen LogP contribution in [-0.4, -0.2) is 30.6 Å². The summed E-state index contributed by atoms with van der Waals surface area (Å²) in [7, 11) is 0. The molecule has 1 aliphatic carbocycles. The maximum Gasteiger partial charge on any atom is 0.325 e. The standard InChI is InChI=1S/C11H20N2O3/c1-2-16-9(14)8-13-10(15)11(12)6-4-3-5-7-11/h2-8,12H2,1H3,(H,13,15). The SMILES string of the molecule is CCOC(=O)CNC(=O)C1(N)CCCCC1. The normalized spacial score (nSPS) is 18.9. The average molecular weight is 228 g/mol. The number of carbonyl (C=O) groups excluding carboxylic acids is 2. The second-order valence-corrected chi connectivity index (χ2v) is 4.20. The molecule has 1 rings (SSSR count). The van der Waals surface area contributed by atoms with Crippen LogP contribution in [0.4, 0.5) is 0 Å². The van der Waals surface area contributed by atoms with Gasteiger partial charge in [-0.2, -0.15) is 0 Å². The lowest BCUT2D eigenvalue weighted by molar-refractivity contribution is -0.144. The molecule has 92 valence electrons. The van der Waals surface area contributed by atoms with Crippen LogP contribution in [0.5, 0.6) is 0 Å². The molecule has 1 aliphatic rings. The van der Waals surface area contributed by atoms with Gasteiger partial charge in [0, 0.05) is 0 Å². The number of amides is 1. The molecule has 3 N–H and O–H groups in total. The van der Waals surface area contributed by atoms with Gasteiger partial charge in [-0.15, -0.1) is 0 Å². The molecule has 0 aromatic carbocycles. The van der Waals surface area contributed by atoms with E-state index in [0.29, 0.717) is 19.4 Å². The fraction of sp³-hybridized carbons (Fsp3) is 0.818. The van der Waals surface area contributed by atoms with Gasteiger partial charge in [0.2, 0.25) is 5.91 Å². The van der Waals surface area contributed by atoms with Crippen LogP contribution in [0.15, 0.2) is 0 Å². The fourth-order valence-corrected chi connectivity index (χ4v) is 1.95. The van der Waals surface area contributed by atoms with Gasteiger partial charge in [-0.1, -0.05) is 19.3 Å². The van der Waals surface area contributed by atoms with Crippen molar-refractivity contribution in [2.45, 2.75) is 44.6 Å². The first-order valence-corrected chi connectivity index (χ1v) is 5.81. The smallest absolute Gasteiger partial charge is 0.325 e. The molecule has 0 atom stereocenters. The Hall–Kier alpha value is -1.10. The molecule has 16 heavy (non-hydrogen) atoms. The Morgan fingerprint density at radius 3 is 2.50 bits per heavy atom. The largest absolute Gasteiger partial charge is 0.465 e. The lowest BCUT2D eigenvalue weighted by Gasteiger charge is -2.31. The Kier molecular flexibility index (Phi) is 4.73. The van der Waals surface area contributed by atoms with Crippen LogP contribution in [0.1, 0.15) is 39.0 Å². The van der Waals surface area contributed by atoms with Crippen LogP contribution >= 0.6 is 0 Å². The molecule has 1 fully saturated rings. The Bertz CT molecular complexity index is 260. The summed E-state index contributed by atoms with van der Waals surface area (Å²) >= 11 is 0. The van der Waals surface area contributed by atoms with Gasteiger partial charge in [-0.3, -0.25) is 9.59 Å². The maximum absolute atomic E-state index is 11.8. The molecule has 0 aliphatic heterocycles. The van der Waals surface area contributed by atoms with E-state index in [9.17, 15) is 9.59 Å². The summed E-state index contributed by atoms with van der Waals surface area (Å²) < 4.78 is 4.72. The fourth-order valence-electron chi connectivity index (χ4n) is 1.95. The van der Waals surface area contributed by atoms with E-state index in [-0.39, 0.29) is 12.5 Å². The third-order valence-electron chi connectivity index (χ3n) is 2.90. The zero-order valence-electron chi connectivity index (χ0n) is 9.75. The highest BCUT2D eigenvalue weighted by molar-refractivity contribution is 5.89. The van der Waals surface area contributed by atoms with Gasteiger partial charge in [0.05, 0.1) is 12.1 Å². The third kappa shape index (κ3) is 3.48. The Balaban J connectivity index is 2.36. The van der Waals surface area contributed by atoms with E-state index in [1.54, 1.807) is 6.92 Å². The van der Waals surface area contributed by atoms with Gasteiger partial charge < -0.3 is 15.8 Å². The molecule has 0 radical (unpaired) electrons. The lowest BCUT2D eigenvalue weighted by atomic mass is 9.82. The minimum atomic E-state index is -0.787. The summed E-state index contributed by atoms with van der Waals surface area (Å²) in [5.41, 5.74) is 5.21. The van der Waals surface area contributed by atoms with E-state index in [4.69, 9.17) is 10.5 Å². The van der Waals surface area contributed by atoms with Gasteiger partial charge in [-0.05, 0) is 19.8 Å². The first-order chi connectivity index (χ1) is 7.58. The number of esters is 1. The first-order valence-electron chi connectivity index (χ1n) is 5.81. The summed E-state index contributed by atoms with van der Waals surface area (Å²) in [6, 6.07) is 0. The summed E-state index contributed by atoms with van der Waals surface area (Å²) in [5.74, 6) is -0.657. The Morgan fingerprint density at radius 2 is 1.94 bits per heavy atom. The van der Waals surface area contributed by atoms with Crippen LogP contribution in [0.2, 0.25) is 0 Å². The predicted molar refractivity (Wildman–Crippen MR) is 59.6 cm³/mol. The van der Waals surface area contributed by atoms with Gasteiger partial charge in [0.25, 0.3) is 0 Å². The van der Waals surface area contributed by atoms with E-state index in [1.807, 2.05) is 0 Å². The molecule has 0 spiro atoms. The number of ether oxygens (including phenoxy) is 1. The molecule has 0 aromatic heterocycles. The molecule has 1 saturated carbocycles. The van der Waals surface area contributed by atoms with E-state index in [2.05, 4.69) is 5.32 Å². The average Bonchev–Trinajstić information content (AvgIpc) is 2.27. The number of hydrogen-bond donors (Lipinski definition) is 2. The molecule has 0 unspecified atom stereocenters. The van der Waals surface area contributed by atoms with E-state index < -0.39 is 11.5 Å². The van der Waals surface area contributed by atoms with Crippen LogP contribution in [0.25, 0.3) is 0 Å². The minimum absolute atomic E-state index is 0.0916. The maximum atomic E-state index is 11.8. The summed E-state index contributed by atoms with van der Waals surface area (Å²) in [5, 5.41) is 2.54. The second kappa shape index (κ2) is 5.84. The highest BCUT2D eigenvalue weighted by Gasteiger charge is 2.35. The number of nitrogens with two attached hydrogens (primary N) is 1. The number of hydrogen-bond acceptors (Lipinski definition) is 4. The van der Waals surface area contributed by atoms with E-state index in [1.165, 1.54) is 0 Å². The highest BCUT2D eigenvalue weighted by Crippen LogP contribution is 2.25. The molecule has 0 saturated heterocycles. The van der Waals surface area contributed by atoms with Crippen LogP contribution in [0.3, 0.4) is 0 Å². The van der Waals surface area contributed by atoms with Gasteiger partial charge in [0.1, 0.15) is 6.54 Å². The highest BCUT2D eigenvalue weighted by atomic mass is 16.5. The molecule has 0 bridgehead atoms. The summed E-state index contributed by atoms with van der Waals surface area (Å²) in [4.78, 5) is 22.8. The van der Waals surface area contributed by atoms with Crippen molar-refractivity contribution in [1.82, 2.24) is 5.32 Å². The van der Waals surface area contributed by atoms with Gasteiger partial charge in [-0.25, -0.2) is 0 Å². The number of rotatable bonds is 4. The Morgan fingerprint density at radius 1 is 1.31 bits per heavy atom. The van der Waals surface area contributed by atoms with Crippen molar-refractivity contribution >= 4 is 11.9 Å². The number of nitrogens with one attached hydrogen (secondary N) is 1. The second-order valence-electron chi connectivity index (χ2n) is 4.20. The van der Waals surface area contributed by atoms with E-state index in [0.717, 1.165) is 19.3 Å². The number of carbonyl (C=O) groups is 2. The van der Waals surface area contributed by atoms with Crippen molar-refractivity contribution in [2.24, 2.45) is 5.73 Å². The van der Waals surface area contributed by atoms with Crippen LogP contribution in [-0.2, 0) is 14.3 Å². The van der Waals surface area contributed by atoms with Gasteiger partial charge >= 0.3 is 5.97 Å². The quantitative estimate of drug-likeness (QED) is 0.679. The third-order valence-corrected chi connectivity index (χ3v) is 2.90. The molecule has 5 nitrogen and oxygen atoms in total. The van der Waals surface area contributed by atoms with E-state index >= 15 is 0 Å². The molecular formula is C11H20N2O3. The summed E-state index contributed by atoms with van der Waals surface area (Å²) in [6.45, 7) is 1.96.